The zero-order valence-electron chi connectivity index (χ0n) is 14.3. The monoisotopic (exact) mass is 306 g/mol. The number of nitrogens with one attached hydrogen (secondary N) is 1. The van der Waals surface area contributed by atoms with Gasteiger partial charge in [0, 0.05) is 18.2 Å². The van der Waals surface area contributed by atoms with E-state index in [0.717, 1.165) is 5.75 Å². The van der Waals surface area contributed by atoms with Crippen molar-refractivity contribution in [3.05, 3.63) is 29.8 Å². The first-order valence-corrected chi connectivity index (χ1v) is 7.41. The first-order chi connectivity index (χ1) is 10.1. The minimum Gasteiger partial charge on any atom is -0.491 e. The summed E-state index contributed by atoms with van der Waals surface area (Å²) in [6.07, 6.45) is 0.0883. The average Bonchev–Trinajstić information content (AvgIpc) is 2.35. The van der Waals surface area contributed by atoms with E-state index in [1.165, 1.54) is 4.90 Å². The smallest absolute Gasteiger partial charge is 0.254 e. The molecule has 0 saturated carbocycles. The third-order valence-corrected chi connectivity index (χ3v) is 2.71. The highest BCUT2D eigenvalue weighted by atomic mass is 16.5. The molecule has 5 nitrogen and oxygen atoms in total. The molecule has 122 valence electrons. The van der Waals surface area contributed by atoms with Crippen molar-refractivity contribution in [1.82, 2.24) is 10.2 Å². The molecule has 0 atom stereocenters. The van der Waals surface area contributed by atoms with Crippen molar-refractivity contribution in [2.45, 2.75) is 46.3 Å². The molecule has 1 aromatic rings. The number of hydrogen-bond acceptors (Lipinski definition) is 3. The first kappa shape index (κ1) is 18.0. The van der Waals surface area contributed by atoms with Crippen LogP contribution in [0.1, 0.15) is 45.0 Å². The van der Waals surface area contributed by atoms with Crippen molar-refractivity contribution in [3.8, 4) is 5.75 Å². The highest BCUT2D eigenvalue weighted by Crippen LogP contribution is 2.14. The van der Waals surface area contributed by atoms with Crippen LogP contribution in [0.2, 0.25) is 0 Å². The van der Waals surface area contributed by atoms with Gasteiger partial charge < -0.3 is 15.0 Å². The molecular formula is C17H26N2O3. The summed E-state index contributed by atoms with van der Waals surface area (Å²) in [7, 11) is 1.61. The summed E-state index contributed by atoms with van der Waals surface area (Å²) in [4.78, 5) is 25.5. The molecule has 2 amide bonds. The van der Waals surface area contributed by atoms with Crippen LogP contribution in [0.5, 0.6) is 5.75 Å². The van der Waals surface area contributed by atoms with Crippen LogP contribution < -0.4 is 10.1 Å². The number of ether oxygens (including phenoxy) is 1. The van der Waals surface area contributed by atoms with E-state index in [4.69, 9.17) is 4.74 Å². The van der Waals surface area contributed by atoms with Crippen LogP contribution in [-0.2, 0) is 4.79 Å². The Morgan fingerprint density at radius 2 is 1.73 bits per heavy atom. The lowest BCUT2D eigenvalue weighted by Gasteiger charge is -2.23. The zero-order valence-corrected chi connectivity index (χ0v) is 14.3. The molecule has 22 heavy (non-hydrogen) atoms. The molecule has 0 saturated heterocycles. The van der Waals surface area contributed by atoms with Gasteiger partial charge in [-0.1, -0.05) is 0 Å². The minimum absolute atomic E-state index is 0.0281. The van der Waals surface area contributed by atoms with E-state index in [2.05, 4.69) is 5.32 Å². The first-order valence-electron chi connectivity index (χ1n) is 7.41. The summed E-state index contributed by atoms with van der Waals surface area (Å²) in [6.45, 7) is 9.63. The zero-order chi connectivity index (χ0) is 16.9. The van der Waals surface area contributed by atoms with Gasteiger partial charge in [-0.05, 0) is 58.9 Å². The Balaban J connectivity index is 2.65. The Morgan fingerprint density at radius 3 is 2.18 bits per heavy atom. The second kappa shape index (κ2) is 7.29. The summed E-state index contributed by atoms with van der Waals surface area (Å²) < 4.78 is 5.54. The Bertz CT molecular complexity index is 516. The Kier molecular flexibility index (Phi) is 5.97. The molecule has 1 aromatic carbocycles. The van der Waals surface area contributed by atoms with E-state index in [-0.39, 0.29) is 30.0 Å². The third kappa shape index (κ3) is 6.16. The largest absolute Gasteiger partial charge is 0.491 e. The van der Waals surface area contributed by atoms with Gasteiger partial charge in [0.05, 0.1) is 12.6 Å². The molecule has 0 spiro atoms. The van der Waals surface area contributed by atoms with Crippen LogP contribution in [0.15, 0.2) is 24.3 Å². The Morgan fingerprint density at radius 1 is 1.18 bits per heavy atom. The van der Waals surface area contributed by atoms with Crippen molar-refractivity contribution >= 4 is 11.8 Å². The van der Waals surface area contributed by atoms with Crippen LogP contribution in [0.3, 0.4) is 0 Å². The molecule has 0 heterocycles. The average molecular weight is 306 g/mol. The highest BCUT2D eigenvalue weighted by molar-refractivity contribution is 5.96. The molecule has 0 aliphatic carbocycles. The SMILES string of the molecule is CC(C)Oc1ccc(C(=O)N(C)CC(=O)NC(C)(C)C)cc1. The van der Waals surface area contributed by atoms with Gasteiger partial charge in [-0.3, -0.25) is 9.59 Å². The normalized spacial score (nSPS) is 11.2. The number of carbonyl (C=O) groups excluding carboxylic acids is 2. The van der Waals surface area contributed by atoms with E-state index < -0.39 is 0 Å². The van der Waals surface area contributed by atoms with Gasteiger partial charge in [0.15, 0.2) is 0 Å². The number of hydrogen-bond donors (Lipinski definition) is 1. The van der Waals surface area contributed by atoms with Crippen LogP contribution >= 0.6 is 0 Å². The summed E-state index contributed by atoms with van der Waals surface area (Å²) in [6, 6.07) is 6.93. The second-order valence-electron chi connectivity index (χ2n) is 6.65. The maximum atomic E-state index is 12.3. The van der Waals surface area contributed by atoms with Gasteiger partial charge in [0.1, 0.15) is 5.75 Å². The van der Waals surface area contributed by atoms with E-state index in [0.29, 0.717) is 5.56 Å². The standard InChI is InChI=1S/C17H26N2O3/c1-12(2)22-14-9-7-13(8-10-14)16(21)19(6)11-15(20)18-17(3,4)5/h7-10,12H,11H2,1-6H3,(H,18,20). The molecule has 1 N–H and O–H groups in total. The lowest BCUT2D eigenvalue weighted by Crippen LogP contribution is -2.46. The van der Waals surface area contributed by atoms with Gasteiger partial charge in [-0.2, -0.15) is 0 Å². The second-order valence-corrected chi connectivity index (χ2v) is 6.65. The molecule has 0 aliphatic heterocycles. The molecule has 0 aliphatic rings. The lowest BCUT2D eigenvalue weighted by molar-refractivity contribution is -0.122. The van der Waals surface area contributed by atoms with Crippen molar-refractivity contribution in [3.63, 3.8) is 0 Å². The van der Waals surface area contributed by atoms with Crippen molar-refractivity contribution in [1.29, 1.82) is 0 Å². The van der Waals surface area contributed by atoms with Crippen LogP contribution in [-0.4, -0.2) is 41.9 Å². The van der Waals surface area contributed by atoms with Crippen molar-refractivity contribution < 1.29 is 14.3 Å². The van der Waals surface area contributed by atoms with Gasteiger partial charge >= 0.3 is 0 Å². The van der Waals surface area contributed by atoms with Gasteiger partial charge in [0.2, 0.25) is 5.91 Å². The molecule has 5 heteroatoms. The summed E-state index contributed by atoms with van der Waals surface area (Å²) in [5.41, 5.74) is 0.221. The van der Waals surface area contributed by atoms with E-state index >= 15 is 0 Å². The molecule has 0 fully saturated rings. The summed E-state index contributed by atoms with van der Waals surface area (Å²) >= 11 is 0. The number of rotatable bonds is 5. The Labute approximate surface area is 132 Å². The molecule has 0 bridgehead atoms. The number of nitrogens with zero attached hydrogens (tertiary/aromatic N) is 1. The molecule has 0 radical (unpaired) electrons. The fourth-order valence-electron chi connectivity index (χ4n) is 1.91. The maximum Gasteiger partial charge on any atom is 0.254 e. The fraction of sp³-hybridized carbons (Fsp3) is 0.529. The van der Waals surface area contributed by atoms with Crippen LogP contribution in [0.25, 0.3) is 0 Å². The molecule has 1 rings (SSSR count). The molecular weight excluding hydrogens is 280 g/mol. The van der Waals surface area contributed by atoms with E-state index in [9.17, 15) is 9.59 Å². The quantitative estimate of drug-likeness (QED) is 0.909. The molecule has 0 aromatic heterocycles. The number of carbonyl (C=O) groups is 2. The van der Waals surface area contributed by atoms with Crippen LogP contribution in [0, 0.1) is 0 Å². The predicted octanol–water partition coefficient (Wildman–Crippen LogP) is 2.46. The lowest BCUT2D eigenvalue weighted by atomic mass is 10.1. The summed E-state index contributed by atoms with van der Waals surface area (Å²) in [5, 5.41) is 2.83. The van der Waals surface area contributed by atoms with E-state index in [1.54, 1.807) is 31.3 Å². The predicted molar refractivity (Wildman–Crippen MR) is 87.1 cm³/mol. The minimum atomic E-state index is -0.309. The van der Waals surface area contributed by atoms with Crippen LogP contribution in [0.4, 0.5) is 0 Å². The van der Waals surface area contributed by atoms with Gasteiger partial charge in [-0.25, -0.2) is 0 Å². The summed E-state index contributed by atoms with van der Waals surface area (Å²) in [5.74, 6) is 0.350. The number of likely N-dealkylation sites (N-methyl/N-ethyl adjacent to an activating group) is 1. The van der Waals surface area contributed by atoms with Crippen molar-refractivity contribution in [2.24, 2.45) is 0 Å². The fourth-order valence-corrected chi connectivity index (χ4v) is 1.91. The van der Waals surface area contributed by atoms with Crippen molar-refractivity contribution in [2.75, 3.05) is 13.6 Å². The van der Waals surface area contributed by atoms with E-state index in [1.807, 2.05) is 34.6 Å². The van der Waals surface area contributed by atoms with Gasteiger partial charge in [-0.15, -0.1) is 0 Å². The topological polar surface area (TPSA) is 58.6 Å². The Hall–Kier alpha value is -2.04. The number of amides is 2. The maximum absolute atomic E-state index is 12.3. The molecule has 0 unspecified atom stereocenters. The van der Waals surface area contributed by atoms with Gasteiger partial charge in [0.25, 0.3) is 5.91 Å². The number of benzene rings is 1. The highest BCUT2D eigenvalue weighted by Gasteiger charge is 2.18. The third-order valence-electron chi connectivity index (χ3n) is 2.71.